The fourth-order valence-electron chi connectivity index (χ4n) is 0.528. The summed E-state index contributed by atoms with van der Waals surface area (Å²) in [5.41, 5.74) is 0. The number of ether oxygens (including phenoxy) is 1. The van der Waals surface area contributed by atoms with E-state index >= 15 is 0 Å². The maximum absolute atomic E-state index is 10.7. The monoisotopic (exact) mass is 214 g/mol. The molecule has 0 aliphatic rings. The van der Waals surface area contributed by atoms with Crippen molar-refractivity contribution in [3.05, 3.63) is 37.0 Å². The number of rotatable bonds is 3. The second kappa shape index (κ2) is 7.34. The van der Waals surface area contributed by atoms with E-state index in [2.05, 4.69) is 11.3 Å². The Hall–Kier alpha value is -2.08. The molecule has 0 saturated carbocycles. The van der Waals surface area contributed by atoms with Crippen molar-refractivity contribution in [1.82, 2.24) is 0 Å². The van der Waals surface area contributed by atoms with E-state index in [0.29, 0.717) is 0 Å². The molecular weight excluding hydrogens is 204 g/mol. The van der Waals surface area contributed by atoms with Crippen molar-refractivity contribution in [3.63, 3.8) is 0 Å². The first kappa shape index (κ1) is 12.9. The maximum atomic E-state index is 10.7. The molecule has 15 heavy (non-hydrogen) atoms. The fraction of sp³-hybridized carbons (Fsp3) is 0.111. The van der Waals surface area contributed by atoms with Gasteiger partial charge in [-0.1, -0.05) is 6.58 Å². The van der Waals surface area contributed by atoms with E-state index in [1.807, 2.05) is 0 Å². The third-order valence-electron chi connectivity index (χ3n) is 1.05. The van der Waals surface area contributed by atoms with Gasteiger partial charge < -0.3 is 19.4 Å². The van der Waals surface area contributed by atoms with E-state index in [0.717, 1.165) is 6.26 Å². The molecule has 6 nitrogen and oxygen atoms in total. The van der Waals surface area contributed by atoms with Crippen LogP contribution in [0.4, 0.5) is 0 Å². The lowest BCUT2D eigenvalue weighted by atomic mass is 10.5. The number of carboxylic acid groups (broad SMARTS) is 1. The average molecular weight is 214 g/mol. The van der Waals surface area contributed by atoms with Gasteiger partial charge in [0.05, 0.1) is 12.5 Å². The quantitative estimate of drug-likeness (QED) is 0.566. The summed E-state index contributed by atoms with van der Waals surface area (Å²) in [6, 6.07) is 3.13. The number of aliphatic hydroxyl groups is 1. The van der Waals surface area contributed by atoms with Gasteiger partial charge in [-0.3, -0.25) is 0 Å². The predicted molar refractivity (Wildman–Crippen MR) is 49.0 cm³/mol. The number of carboxylic acids is 1. The van der Waals surface area contributed by atoms with Crippen LogP contribution < -0.4 is 0 Å². The smallest absolute Gasteiger partial charge is 0.378 e. The van der Waals surface area contributed by atoms with Gasteiger partial charge in [0.15, 0.2) is 0 Å². The molecule has 0 atom stereocenters. The molecule has 0 aliphatic carbocycles. The molecule has 0 aromatic carbocycles. The zero-order chi connectivity index (χ0) is 11.7. The first-order valence-corrected chi connectivity index (χ1v) is 3.79. The molecule has 82 valence electrons. The van der Waals surface area contributed by atoms with Crippen molar-refractivity contribution < 1.29 is 29.0 Å². The molecule has 0 fully saturated rings. The summed E-state index contributed by atoms with van der Waals surface area (Å²) in [4.78, 5) is 19.8. The maximum Gasteiger partial charge on any atom is 0.378 e. The Bertz CT molecular complexity index is 313. The Balaban J connectivity index is 0.000000336. The molecule has 1 heterocycles. The Morgan fingerprint density at radius 2 is 2.20 bits per heavy atom. The van der Waals surface area contributed by atoms with Gasteiger partial charge in [-0.05, 0) is 12.1 Å². The van der Waals surface area contributed by atoms with Crippen LogP contribution in [-0.2, 0) is 9.53 Å². The normalized spacial score (nSPS) is 8.33. The van der Waals surface area contributed by atoms with Crippen LogP contribution in [0, 0.1) is 0 Å². The minimum absolute atomic E-state index is 0.180. The lowest BCUT2D eigenvalue weighted by molar-refractivity contribution is -0.140. The number of esters is 1. The molecule has 0 amide bonds. The van der Waals surface area contributed by atoms with Crippen LogP contribution in [-0.4, -0.2) is 28.8 Å². The molecule has 1 rings (SSSR count). The predicted octanol–water partition coefficient (Wildman–Crippen LogP) is 0.643. The molecule has 0 aliphatic heterocycles. The van der Waals surface area contributed by atoms with Crippen molar-refractivity contribution >= 4 is 11.9 Å². The molecule has 0 unspecified atom stereocenters. The van der Waals surface area contributed by atoms with E-state index in [4.69, 9.17) is 19.4 Å². The highest BCUT2D eigenvalue weighted by Gasteiger charge is 2.06. The van der Waals surface area contributed by atoms with E-state index < -0.39 is 18.5 Å². The number of hydrogen-bond acceptors (Lipinski definition) is 5. The number of furan rings is 1. The topological polar surface area (TPSA) is 97.0 Å². The average Bonchev–Trinajstić information content (AvgIpc) is 2.72. The zero-order valence-electron chi connectivity index (χ0n) is 7.75. The standard InChI is InChI=1S/C7H6O3.C2H4O3/c1-2-9-7(8)6-4-3-5-10-6;3-1-2(4)5/h2-5H,1H2;3H,1H2,(H,4,5). The zero-order valence-corrected chi connectivity index (χ0v) is 7.75. The Morgan fingerprint density at radius 3 is 2.53 bits per heavy atom. The van der Waals surface area contributed by atoms with Crippen LogP contribution >= 0.6 is 0 Å². The molecule has 0 radical (unpaired) electrons. The van der Waals surface area contributed by atoms with Gasteiger partial charge in [0, 0.05) is 0 Å². The van der Waals surface area contributed by atoms with Crippen LogP contribution in [0.2, 0.25) is 0 Å². The highest BCUT2D eigenvalue weighted by Crippen LogP contribution is 2.01. The number of hydrogen-bond donors (Lipinski definition) is 2. The van der Waals surface area contributed by atoms with Crippen molar-refractivity contribution in [2.45, 2.75) is 0 Å². The molecular formula is C9H10O6. The Morgan fingerprint density at radius 1 is 1.60 bits per heavy atom. The molecule has 1 aromatic heterocycles. The van der Waals surface area contributed by atoms with Gasteiger partial charge in [-0.15, -0.1) is 0 Å². The van der Waals surface area contributed by atoms with E-state index in [-0.39, 0.29) is 5.76 Å². The van der Waals surface area contributed by atoms with Gasteiger partial charge in [0.2, 0.25) is 5.76 Å². The van der Waals surface area contributed by atoms with Crippen molar-refractivity contribution in [3.8, 4) is 0 Å². The summed E-state index contributed by atoms with van der Waals surface area (Å²) in [6.45, 7) is 2.45. The highest BCUT2D eigenvalue weighted by molar-refractivity contribution is 5.86. The van der Waals surface area contributed by atoms with E-state index in [9.17, 15) is 4.79 Å². The minimum atomic E-state index is -1.19. The second-order valence-electron chi connectivity index (χ2n) is 2.10. The first-order chi connectivity index (χ1) is 7.11. The number of aliphatic hydroxyl groups excluding tert-OH is 1. The molecule has 0 spiro atoms. The van der Waals surface area contributed by atoms with Crippen LogP contribution in [0.1, 0.15) is 10.6 Å². The number of carbonyl (C=O) groups excluding carboxylic acids is 1. The largest absolute Gasteiger partial charge is 0.480 e. The summed E-state index contributed by atoms with van der Waals surface area (Å²) in [7, 11) is 0. The van der Waals surface area contributed by atoms with Gasteiger partial charge in [-0.25, -0.2) is 9.59 Å². The van der Waals surface area contributed by atoms with Crippen molar-refractivity contribution in [1.29, 1.82) is 0 Å². The van der Waals surface area contributed by atoms with Crippen LogP contribution in [0.25, 0.3) is 0 Å². The summed E-state index contributed by atoms with van der Waals surface area (Å²) in [6.07, 6.45) is 2.46. The van der Waals surface area contributed by atoms with Gasteiger partial charge >= 0.3 is 11.9 Å². The Labute approximate surface area is 85.4 Å². The molecule has 1 aromatic rings. The van der Waals surface area contributed by atoms with Crippen molar-refractivity contribution in [2.24, 2.45) is 0 Å². The summed E-state index contributed by atoms with van der Waals surface area (Å²) < 4.78 is 9.14. The minimum Gasteiger partial charge on any atom is -0.480 e. The number of aliphatic carboxylic acids is 1. The van der Waals surface area contributed by atoms with Crippen molar-refractivity contribution in [2.75, 3.05) is 6.61 Å². The summed E-state index contributed by atoms with van der Waals surface area (Å²) >= 11 is 0. The van der Waals surface area contributed by atoms with Crippen LogP contribution in [0.3, 0.4) is 0 Å². The first-order valence-electron chi connectivity index (χ1n) is 3.79. The highest BCUT2D eigenvalue weighted by atomic mass is 16.5. The molecule has 0 bridgehead atoms. The van der Waals surface area contributed by atoms with Gasteiger partial charge in [0.1, 0.15) is 6.61 Å². The Kier molecular flexibility index (Phi) is 6.32. The van der Waals surface area contributed by atoms with Gasteiger partial charge in [0.25, 0.3) is 0 Å². The third-order valence-corrected chi connectivity index (χ3v) is 1.05. The number of carbonyl (C=O) groups is 2. The lowest BCUT2D eigenvalue weighted by Gasteiger charge is -1.90. The van der Waals surface area contributed by atoms with Crippen LogP contribution in [0.15, 0.2) is 35.7 Å². The molecule has 6 heteroatoms. The lowest BCUT2D eigenvalue weighted by Crippen LogP contribution is -1.98. The summed E-state index contributed by atoms with van der Waals surface area (Å²) in [5, 5.41) is 15.0. The van der Waals surface area contributed by atoms with E-state index in [1.54, 1.807) is 6.07 Å². The summed E-state index contributed by atoms with van der Waals surface area (Å²) in [5.74, 6) is -1.54. The second-order valence-corrected chi connectivity index (χ2v) is 2.10. The third kappa shape index (κ3) is 6.05. The molecule has 0 saturated heterocycles. The van der Waals surface area contributed by atoms with Gasteiger partial charge in [-0.2, -0.15) is 0 Å². The van der Waals surface area contributed by atoms with E-state index in [1.165, 1.54) is 12.3 Å². The molecule has 2 N–H and O–H groups in total. The van der Waals surface area contributed by atoms with Crippen LogP contribution in [0.5, 0.6) is 0 Å². The fourth-order valence-corrected chi connectivity index (χ4v) is 0.528. The SMILES string of the molecule is C=COC(=O)c1ccco1.O=C(O)CO.